The van der Waals surface area contributed by atoms with Crippen LogP contribution in [0.25, 0.3) is 0 Å². The fraction of sp³-hybridized carbons (Fsp3) is 0.357. The van der Waals surface area contributed by atoms with Crippen molar-refractivity contribution < 1.29 is 22.7 Å². The van der Waals surface area contributed by atoms with Gasteiger partial charge >= 0.3 is 6.18 Å². The van der Waals surface area contributed by atoms with Gasteiger partial charge in [-0.1, -0.05) is 5.92 Å². The van der Waals surface area contributed by atoms with E-state index in [0.717, 1.165) is 12.1 Å². The standard InChI is InChI=1S/C14H14F3NO2/c1-3-4-10(2)18-13(19)9-20-12-7-5-11(6-8-12)14(15,16)17/h5-8,10H,9H2,1-2H3,(H,18,19). The second kappa shape index (κ2) is 6.85. The Morgan fingerprint density at radius 1 is 1.35 bits per heavy atom. The van der Waals surface area contributed by atoms with E-state index in [1.54, 1.807) is 13.8 Å². The summed E-state index contributed by atoms with van der Waals surface area (Å²) in [6.07, 6.45) is -4.38. The molecule has 1 unspecified atom stereocenters. The van der Waals surface area contributed by atoms with Gasteiger partial charge in [0.2, 0.25) is 0 Å². The fourth-order valence-electron chi connectivity index (χ4n) is 1.42. The number of ether oxygens (including phenoxy) is 1. The Hall–Kier alpha value is -2.16. The van der Waals surface area contributed by atoms with Crippen molar-refractivity contribution in [2.75, 3.05) is 6.61 Å². The van der Waals surface area contributed by atoms with Gasteiger partial charge < -0.3 is 10.1 Å². The zero-order valence-electron chi connectivity index (χ0n) is 11.0. The average Bonchev–Trinajstić information content (AvgIpc) is 2.36. The predicted molar refractivity (Wildman–Crippen MR) is 68.0 cm³/mol. The van der Waals surface area contributed by atoms with E-state index in [0.29, 0.717) is 0 Å². The molecule has 0 fully saturated rings. The number of hydrogen-bond acceptors (Lipinski definition) is 2. The van der Waals surface area contributed by atoms with Crippen LogP contribution in [0.4, 0.5) is 13.2 Å². The molecule has 0 aliphatic rings. The molecule has 3 nitrogen and oxygen atoms in total. The lowest BCUT2D eigenvalue weighted by Crippen LogP contribution is -2.35. The molecule has 1 aromatic rings. The summed E-state index contributed by atoms with van der Waals surface area (Å²) in [5, 5.41) is 2.57. The van der Waals surface area contributed by atoms with Crippen molar-refractivity contribution in [3.8, 4) is 17.6 Å². The van der Waals surface area contributed by atoms with E-state index in [1.807, 2.05) is 0 Å². The molecular weight excluding hydrogens is 271 g/mol. The minimum Gasteiger partial charge on any atom is -0.484 e. The van der Waals surface area contributed by atoms with Gasteiger partial charge in [-0.2, -0.15) is 13.2 Å². The molecule has 0 aromatic heterocycles. The zero-order chi connectivity index (χ0) is 15.2. The molecule has 108 valence electrons. The summed E-state index contributed by atoms with van der Waals surface area (Å²) >= 11 is 0. The van der Waals surface area contributed by atoms with Crippen LogP contribution in [0.5, 0.6) is 5.75 Å². The first-order valence-electron chi connectivity index (χ1n) is 5.84. The van der Waals surface area contributed by atoms with Gasteiger partial charge in [0.25, 0.3) is 5.91 Å². The number of benzene rings is 1. The molecule has 1 aromatic carbocycles. The molecule has 0 saturated heterocycles. The third-order valence-corrected chi connectivity index (χ3v) is 2.29. The Balaban J connectivity index is 2.49. The highest BCUT2D eigenvalue weighted by Gasteiger charge is 2.30. The summed E-state index contributed by atoms with van der Waals surface area (Å²) in [4.78, 5) is 11.4. The Kier molecular flexibility index (Phi) is 5.44. The van der Waals surface area contributed by atoms with E-state index in [1.165, 1.54) is 12.1 Å². The van der Waals surface area contributed by atoms with Gasteiger partial charge in [0.1, 0.15) is 5.75 Å². The van der Waals surface area contributed by atoms with Crippen molar-refractivity contribution in [1.82, 2.24) is 5.32 Å². The lowest BCUT2D eigenvalue weighted by Gasteiger charge is -2.10. The summed E-state index contributed by atoms with van der Waals surface area (Å²) in [6.45, 7) is 3.09. The summed E-state index contributed by atoms with van der Waals surface area (Å²) in [7, 11) is 0. The molecule has 1 rings (SSSR count). The molecule has 20 heavy (non-hydrogen) atoms. The normalized spacial score (nSPS) is 12.1. The van der Waals surface area contributed by atoms with Crippen LogP contribution in [0.15, 0.2) is 24.3 Å². The Labute approximate surface area is 115 Å². The quantitative estimate of drug-likeness (QED) is 0.864. The predicted octanol–water partition coefficient (Wildman–Crippen LogP) is 2.61. The first kappa shape index (κ1) is 15.9. The van der Waals surface area contributed by atoms with Crippen molar-refractivity contribution in [3.05, 3.63) is 29.8 Å². The van der Waals surface area contributed by atoms with E-state index in [2.05, 4.69) is 17.2 Å². The van der Waals surface area contributed by atoms with Crippen LogP contribution >= 0.6 is 0 Å². The Morgan fingerprint density at radius 2 is 1.95 bits per heavy atom. The number of nitrogens with one attached hydrogen (secondary N) is 1. The maximum atomic E-state index is 12.3. The number of carbonyl (C=O) groups excluding carboxylic acids is 1. The molecule has 6 heteroatoms. The molecule has 0 aliphatic heterocycles. The smallest absolute Gasteiger partial charge is 0.416 e. The average molecular weight is 285 g/mol. The number of halogens is 3. The van der Waals surface area contributed by atoms with Crippen LogP contribution in [-0.2, 0) is 11.0 Å². The Morgan fingerprint density at radius 3 is 2.45 bits per heavy atom. The van der Waals surface area contributed by atoms with E-state index >= 15 is 0 Å². The van der Waals surface area contributed by atoms with Crippen LogP contribution in [-0.4, -0.2) is 18.6 Å². The van der Waals surface area contributed by atoms with Crippen molar-refractivity contribution in [3.63, 3.8) is 0 Å². The highest BCUT2D eigenvalue weighted by atomic mass is 19.4. The first-order valence-corrected chi connectivity index (χ1v) is 5.84. The van der Waals surface area contributed by atoms with Gasteiger partial charge in [-0.25, -0.2) is 0 Å². The van der Waals surface area contributed by atoms with Gasteiger partial charge in [-0.3, -0.25) is 4.79 Å². The largest absolute Gasteiger partial charge is 0.484 e. The third-order valence-electron chi connectivity index (χ3n) is 2.29. The van der Waals surface area contributed by atoms with Crippen molar-refractivity contribution in [2.45, 2.75) is 26.1 Å². The second-order valence-electron chi connectivity index (χ2n) is 3.99. The number of rotatable bonds is 4. The van der Waals surface area contributed by atoms with E-state index in [9.17, 15) is 18.0 Å². The number of alkyl halides is 3. The van der Waals surface area contributed by atoms with Crippen LogP contribution in [0, 0.1) is 11.8 Å². The maximum Gasteiger partial charge on any atom is 0.416 e. The molecule has 1 amide bonds. The van der Waals surface area contributed by atoms with E-state index in [-0.39, 0.29) is 24.3 Å². The minimum atomic E-state index is -4.38. The van der Waals surface area contributed by atoms with Gasteiger partial charge in [0.15, 0.2) is 6.61 Å². The van der Waals surface area contributed by atoms with Crippen LogP contribution < -0.4 is 10.1 Å². The van der Waals surface area contributed by atoms with Crippen LogP contribution in [0.2, 0.25) is 0 Å². The van der Waals surface area contributed by atoms with Crippen LogP contribution in [0.1, 0.15) is 19.4 Å². The van der Waals surface area contributed by atoms with Gasteiger partial charge in [-0.05, 0) is 38.1 Å². The lowest BCUT2D eigenvalue weighted by atomic mass is 10.2. The summed E-state index contributed by atoms with van der Waals surface area (Å²) < 4.78 is 42.1. The molecule has 0 saturated carbocycles. The third kappa shape index (κ3) is 5.22. The topological polar surface area (TPSA) is 38.3 Å². The molecular formula is C14H14F3NO2. The number of amides is 1. The monoisotopic (exact) mass is 285 g/mol. The number of hydrogen-bond donors (Lipinski definition) is 1. The molecule has 0 aliphatic carbocycles. The first-order chi connectivity index (χ1) is 9.32. The minimum absolute atomic E-state index is 0.197. The summed E-state index contributed by atoms with van der Waals surface area (Å²) in [5.41, 5.74) is -0.763. The zero-order valence-corrected chi connectivity index (χ0v) is 11.0. The molecule has 0 radical (unpaired) electrons. The molecule has 0 bridgehead atoms. The lowest BCUT2D eigenvalue weighted by molar-refractivity contribution is -0.137. The summed E-state index contributed by atoms with van der Waals surface area (Å²) in [5.74, 6) is 5.20. The SMILES string of the molecule is CC#CC(C)NC(=O)COc1ccc(C(F)(F)F)cc1. The fourth-order valence-corrected chi connectivity index (χ4v) is 1.42. The van der Waals surface area contributed by atoms with Gasteiger partial charge in [0, 0.05) is 0 Å². The van der Waals surface area contributed by atoms with Crippen LogP contribution in [0.3, 0.4) is 0 Å². The van der Waals surface area contributed by atoms with Gasteiger partial charge in [0.05, 0.1) is 11.6 Å². The maximum absolute atomic E-state index is 12.3. The van der Waals surface area contributed by atoms with Gasteiger partial charge in [-0.15, -0.1) is 5.92 Å². The molecule has 1 atom stereocenters. The number of carbonyl (C=O) groups is 1. The van der Waals surface area contributed by atoms with Crippen molar-refractivity contribution >= 4 is 5.91 Å². The summed E-state index contributed by atoms with van der Waals surface area (Å²) in [6, 6.07) is 3.84. The van der Waals surface area contributed by atoms with Crippen molar-refractivity contribution in [2.24, 2.45) is 0 Å². The second-order valence-corrected chi connectivity index (χ2v) is 3.99. The molecule has 0 spiro atoms. The molecule has 1 N–H and O–H groups in total. The highest BCUT2D eigenvalue weighted by Crippen LogP contribution is 2.30. The van der Waals surface area contributed by atoms with Crippen molar-refractivity contribution in [1.29, 1.82) is 0 Å². The van der Waals surface area contributed by atoms with E-state index < -0.39 is 11.7 Å². The Bertz CT molecular complexity index is 512. The highest BCUT2D eigenvalue weighted by molar-refractivity contribution is 5.78. The molecule has 0 heterocycles. The van der Waals surface area contributed by atoms with E-state index in [4.69, 9.17) is 4.74 Å².